The Hall–Kier alpha value is -2.54. The third-order valence-corrected chi connectivity index (χ3v) is 4.13. The number of amides is 1. The number of benzene rings is 1. The largest absolute Gasteiger partial charge is 0.481 e. The van der Waals surface area contributed by atoms with E-state index in [1.54, 1.807) is 30.4 Å². The predicted molar refractivity (Wildman–Crippen MR) is 73.6 cm³/mol. The average molecular weight is 303 g/mol. The number of nitrogens with one attached hydrogen (secondary N) is 1. The molecule has 4 rings (SSSR count). The van der Waals surface area contributed by atoms with Crippen molar-refractivity contribution in [3.05, 3.63) is 30.4 Å². The lowest BCUT2D eigenvalue weighted by molar-refractivity contribution is -0.145. The lowest BCUT2D eigenvalue weighted by Crippen LogP contribution is -2.39. The summed E-state index contributed by atoms with van der Waals surface area (Å²) in [6.45, 7) is 0.152. The molecule has 4 atom stereocenters. The third kappa shape index (κ3) is 1.93. The van der Waals surface area contributed by atoms with E-state index in [1.807, 2.05) is 0 Å². The van der Waals surface area contributed by atoms with Crippen LogP contribution in [-0.4, -0.2) is 36.0 Å². The van der Waals surface area contributed by atoms with E-state index in [-0.39, 0.29) is 12.7 Å². The van der Waals surface area contributed by atoms with Crippen LogP contribution in [0.2, 0.25) is 0 Å². The Kier molecular flexibility index (Phi) is 2.83. The smallest absolute Gasteiger partial charge is 0.310 e. The van der Waals surface area contributed by atoms with E-state index in [1.165, 1.54) is 0 Å². The Morgan fingerprint density at radius 1 is 1.09 bits per heavy atom. The van der Waals surface area contributed by atoms with Gasteiger partial charge in [0.15, 0.2) is 11.5 Å². The highest BCUT2D eigenvalue weighted by Crippen LogP contribution is 2.40. The van der Waals surface area contributed by atoms with Gasteiger partial charge in [-0.2, -0.15) is 0 Å². The Morgan fingerprint density at radius 2 is 1.82 bits per heavy atom. The summed E-state index contributed by atoms with van der Waals surface area (Å²) in [5.74, 6) is -1.82. The molecule has 7 nitrogen and oxygen atoms in total. The first-order valence-corrected chi connectivity index (χ1v) is 6.90. The van der Waals surface area contributed by atoms with Crippen molar-refractivity contribution >= 4 is 17.6 Å². The van der Waals surface area contributed by atoms with Crippen LogP contribution in [0.3, 0.4) is 0 Å². The standard InChI is InChI=1S/C15H13NO6/c17-14(12-9-3-4-10(22-9)13(12)15(18)19)16-7-1-2-8-11(5-7)21-6-20-8/h1-5,9-10,12-13H,6H2,(H,16,17)(H,18,19)/t9-,10-,12+,13-/m1/s1. The summed E-state index contributed by atoms with van der Waals surface area (Å²) in [5.41, 5.74) is 0.533. The number of hydrogen-bond donors (Lipinski definition) is 2. The minimum Gasteiger partial charge on any atom is -0.481 e. The second-order valence-corrected chi connectivity index (χ2v) is 5.40. The second-order valence-electron chi connectivity index (χ2n) is 5.40. The van der Waals surface area contributed by atoms with Gasteiger partial charge in [-0.15, -0.1) is 0 Å². The maximum atomic E-state index is 12.5. The van der Waals surface area contributed by atoms with Crippen LogP contribution in [0.15, 0.2) is 30.4 Å². The minimum atomic E-state index is -1.03. The number of carboxylic acids is 1. The summed E-state index contributed by atoms with van der Waals surface area (Å²) in [5, 5.41) is 12.0. The average Bonchev–Trinajstić information content (AvgIpc) is 3.20. The van der Waals surface area contributed by atoms with Crippen molar-refractivity contribution in [3.8, 4) is 11.5 Å². The van der Waals surface area contributed by atoms with Crippen molar-refractivity contribution in [2.75, 3.05) is 12.1 Å². The van der Waals surface area contributed by atoms with E-state index in [4.69, 9.17) is 14.2 Å². The van der Waals surface area contributed by atoms with Crippen LogP contribution in [0.1, 0.15) is 0 Å². The van der Waals surface area contributed by atoms with Crippen LogP contribution >= 0.6 is 0 Å². The first-order valence-electron chi connectivity index (χ1n) is 6.90. The predicted octanol–water partition coefficient (Wildman–Crippen LogP) is 1.01. The van der Waals surface area contributed by atoms with Crippen molar-refractivity contribution in [1.82, 2.24) is 0 Å². The second kappa shape index (κ2) is 4.74. The molecule has 2 bridgehead atoms. The number of rotatable bonds is 3. The zero-order valence-corrected chi connectivity index (χ0v) is 11.4. The van der Waals surface area contributed by atoms with Gasteiger partial charge in [-0.1, -0.05) is 12.2 Å². The molecule has 0 radical (unpaired) electrons. The van der Waals surface area contributed by atoms with Gasteiger partial charge in [0.2, 0.25) is 12.7 Å². The van der Waals surface area contributed by atoms with Crippen LogP contribution in [0, 0.1) is 11.8 Å². The topological polar surface area (TPSA) is 94.1 Å². The van der Waals surface area contributed by atoms with Gasteiger partial charge in [0, 0.05) is 11.8 Å². The molecule has 7 heteroatoms. The Morgan fingerprint density at radius 3 is 2.59 bits per heavy atom. The van der Waals surface area contributed by atoms with Crippen molar-refractivity contribution in [1.29, 1.82) is 0 Å². The van der Waals surface area contributed by atoms with Gasteiger partial charge in [-0.05, 0) is 12.1 Å². The van der Waals surface area contributed by atoms with Crippen molar-refractivity contribution < 1.29 is 28.9 Å². The van der Waals surface area contributed by atoms with Crippen molar-refractivity contribution in [2.45, 2.75) is 12.2 Å². The van der Waals surface area contributed by atoms with Gasteiger partial charge in [-0.3, -0.25) is 9.59 Å². The molecule has 0 saturated carbocycles. The highest BCUT2D eigenvalue weighted by molar-refractivity contribution is 5.97. The molecule has 3 aliphatic rings. The van der Waals surface area contributed by atoms with Crippen LogP contribution in [-0.2, 0) is 14.3 Å². The quantitative estimate of drug-likeness (QED) is 0.809. The summed E-state index contributed by atoms with van der Waals surface area (Å²) >= 11 is 0. The number of ether oxygens (including phenoxy) is 3. The Bertz CT molecular complexity index is 685. The molecule has 1 saturated heterocycles. The molecule has 2 N–H and O–H groups in total. The van der Waals surface area contributed by atoms with Crippen LogP contribution in [0.4, 0.5) is 5.69 Å². The van der Waals surface area contributed by atoms with Gasteiger partial charge in [0.05, 0.1) is 18.1 Å². The van der Waals surface area contributed by atoms with E-state index < -0.39 is 30.0 Å². The molecule has 1 amide bonds. The molecular formula is C15H13NO6. The first-order chi connectivity index (χ1) is 10.6. The molecule has 0 spiro atoms. The van der Waals surface area contributed by atoms with E-state index in [0.717, 1.165) is 0 Å². The normalized spacial score (nSPS) is 30.5. The van der Waals surface area contributed by atoms with Crippen LogP contribution in [0.5, 0.6) is 11.5 Å². The number of aliphatic carboxylic acids is 1. The molecule has 3 aliphatic heterocycles. The maximum absolute atomic E-state index is 12.5. The summed E-state index contributed by atoms with van der Waals surface area (Å²) in [6, 6.07) is 5.04. The summed E-state index contributed by atoms with van der Waals surface area (Å²) in [4.78, 5) is 23.8. The lowest BCUT2D eigenvalue weighted by Gasteiger charge is -2.21. The fourth-order valence-corrected chi connectivity index (χ4v) is 3.11. The Balaban J connectivity index is 1.55. The summed E-state index contributed by atoms with van der Waals surface area (Å²) < 4.78 is 16.0. The molecular weight excluding hydrogens is 290 g/mol. The van der Waals surface area contributed by atoms with Gasteiger partial charge in [-0.25, -0.2) is 0 Å². The lowest BCUT2D eigenvalue weighted by atomic mass is 9.82. The Labute approximate surface area is 125 Å². The SMILES string of the molecule is O=C(Nc1ccc2c(c1)OCO2)[C@@H]1[C@H](C(=O)O)[C@H]2C=C[C@H]1O2. The van der Waals surface area contributed by atoms with Gasteiger partial charge < -0.3 is 24.6 Å². The summed E-state index contributed by atoms with van der Waals surface area (Å²) in [6.07, 6.45) is 2.43. The molecule has 3 heterocycles. The fourth-order valence-electron chi connectivity index (χ4n) is 3.11. The number of carbonyl (C=O) groups excluding carboxylic acids is 1. The number of carbonyl (C=O) groups is 2. The number of hydrogen-bond acceptors (Lipinski definition) is 5. The molecule has 22 heavy (non-hydrogen) atoms. The highest BCUT2D eigenvalue weighted by atomic mass is 16.7. The van der Waals surface area contributed by atoms with Gasteiger partial charge in [0.25, 0.3) is 0 Å². The van der Waals surface area contributed by atoms with Crippen molar-refractivity contribution in [3.63, 3.8) is 0 Å². The van der Waals surface area contributed by atoms with Gasteiger partial charge >= 0.3 is 5.97 Å². The minimum absolute atomic E-state index is 0.152. The first kappa shape index (κ1) is 13.1. The monoisotopic (exact) mass is 303 g/mol. The van der Waals surface area contributed by atoms with E-state index in [9.17, 15) is 14.7 Å². The van der Waals surface area contributed by atoms with E-state index in [2.05, 4.69) is 5.32 Å². The van der Waals surface area contributed by atoms with Crippen LogP contribution in [0.25, 0.3) is 0 Å². The zero-order chi connectivity index (χ0) is 15.3. The van der Waals surface area contributed by atoms with Crippen LogP contribution < -0.4 is 14.8 Å². The van der Waals surface area contributed by atoms with E-state index in [0.29, 0.717) is 17.2 Å². The van der Waals surface area contributed by atoms with E-state index >= 15 is 0 Å². The number of carboxylic acid groups (broad SMARTS) is 1. The zero-order valence-electron chi connectivity index (χ0n) is 11.4. The third-order valence-electron chi connectivity index (χ3n) is 4.13. The molecule has 1 aromatic carbocycles. The number of anilines is 1. The molecule has 114 valence electrons. The molecule has 0 aliphatic carbocycles. The fraction of sp³-hybridized carbons (Fsp3) is 0.333. The van der Waals surface area contributed by atoms with Crippen molar-refractivity contribution in [2.24, 2.45) is 11.8 Å². The molecule has 1 aromatic rings. The summed E-state index contributed by atoms with van der Waals surface area (Å²) in [7, 11) is 0. The van der Waals surface area contributed by atoms with Gasteiger partial charge in [0.1, 0.15) is 5.92 Å². The number of fused-ring (bicyclic) bond motifs is 3. The maximum Gasteiger partial charge on any atom is 0.310 e. The molecule has 0 unspecified atom stereocenters. The molecule has 0 aromatic heterocycles. The highest BCUT2D eigenvalue weighted by Gasteiger charge is 2.53. The molecule has 1 fully saturated rings.